The van der Waals surface area contributed by atoms with Crippen LogP contribution in [0.25, 0.3) is 0 Å². The topological polar surface area (TPSA) is 52.6 Å². The molecule has 0 unspecified atom stereocenters. The first kappa shape index (κ1) is 15.2. The van der Waals surface area contributed by atoms with Crippen molar-refractivity contribution in [2.75, 3.05) is 13.7 Å². The average Bonchev–Trinajstić information content (AvgIpc) is 2.39. The van der Waals surface area contributed by atoms with E-state index in [1.807, 2.05) is 24.3 Å². The van der Waals surface area contributed by atoms with E-state index in [-0.39, 0.29) is 11.8 Å². The molecule has 0 bridgehead atoms. The van der Waals surface area contributed by atoms with E-state index in [2.05, 4.69) is 4.74 Å². The Kier molecular flexibility index (Phi) is 6.64. The summed E-state index contributed by atoms with van der Waals surface area (Å²) in [4.78, 5) is 21.8. The summed E-state index contributed by atoms with van der Waals surface area (Å²) < 4.78 is 10.1. The number of ether oxygens (including phenoxy) is 2. The van der Waals surface area contributed by atoms with Crippen LogP contribution in [0.5, 0.6) is 5.75 Å². The average molecular weight is 264 g/mol. The lowest BCUT2D eigenvalue weighted by atomic mass is 10.1. The highest BCUT2D eigenvalue weighted by atomic mass is 16.5. The molecule has 104 valence electrons. The summed E-state index contributed by atoms with van der Waals surface area (Å²) in [5, 5.41) is 0. The molecule has 0 atom stereocenters. The van der Waals surface area contributed by atoms with Crippen LogP contribution >= 0.6 is 0 Å². The van der Waals surface area contributed by atoms with Gasteiger partial charge in [0.2, 0.25) is 0 Å². The number of ketones is 1. The third-order valence-corrected chi connectivity index (χ3v) is 2.65. The van der Waals surface area contributed by atoms with Gasteiger partial charge in [-0.3, -0.25) is 9.59 Å². The van der Waals surface area contributed by atoms with Crippen molar-refractivity contribution >= 4 is 11.8 Å². The van der Waals surface area contributed by atoms with Gasteiger partial charge in [0.05, 0.1) is 13.7 Å². The zero-order valence-corrected chi connectivity index (χ0v) is 11.5. The number of Topliss-reactive ketones (excluding diaryl/α,β-unsaturated/α-hetero) is 1. The monoisotopic (exact) mass is 264 g/mol. The summed E-state index contributed by atoms with van der Waals surface area (Å²) in [6.07, 6.45) is 2.45. The standard InChI is InChI=1S/C15H20O4/c1-12(16)11-13-6-8-14(9-7-13)19-10-4-3-5-15(17)18-2/h6-9H,3-5,10-11H2,1-2H3. The molecule has 0 aliphatic carbocycles. The van der Waals surface area contributed by atoms with E-state index < -0.39 is 0 Å². The van der Waals surface area contributed by atoms with Gasteiger partial charge in [-0.05, 0) is 37.5 Å². The summed E-state index contributed by atoms with van der Waals surface area (Å²) in [5.41, 5.74) is 0.991. The Labute approximate surface area is 113 Å². The summed E-state index contributed by atoms with van der Waals surface area (Å²) >= 11 is 0. The molecule has 0 radical (unpaired) electrons. The van der Waals surface area contributed by atoms with Gasteiger partial charge in [-0.2, -0.15) is 0 Å². The van der Waals surface area contributed by atoms with Gasteiger partial charge in [0.25, 0.3) is 0 Å². The Hall–Kier alpha value is -1.84. The van der Waals surface area contributed by atoms with Crippen LogP contribution in [0.4, 0.5) is 0 Å². The van der Waals surface area contributed by atoms with Crippen molar-refractivity contribution < 1.29 is 19.1 Å². The second-order valence-electron chi connectivity index (χ2n) is 4.40. The van der Waals surface area contributed by atoms with Crippen LogP contribution in [-0.4, -0.2) is 25.5 Å². The van der Waals surface area contributed by atoms with E-state index in [1.165, 1.54) is 7.11 Å². The molecule has 4 nitrogen and oxygen atoms in total. The molecule has 0 heterocycles. The maximum atomic E-state index is 11.0. The first-order valence-electron chi connectivity index (χ1n) is 6.40. The Morgan fingerprint density at radius 3 is 2.37 bits per heavy atom. The second kappa shape index (κ2) is 8.29. The van der Waals surface area contributed by atoms with Gasteiger partial charge in [-0.25, -0.2) is 0 Å². The number of hydrogen-bond acceptors (Lipinski definition) is 4. The smallest absolute Gasteiger partial charge is 0.305 e. The first-order valence-corrected chi connectivity index (χ1v) is 6.40. The summed E-state index contributed by atoms with van der Waals surface area (Å²) in [5.74, 6) is 0.746. The SMILES string of the molecule is COC(=O)CCCCOc1ccc(CC(C)=O)cc1. The summed E-state index contributed by atoms with van der Waals surface area (Å²) in [7, 11) is 1.39. The number of unbranched alkanes of at least 4 members (excludes halogenated alkanes) is 1. The zero-order chi connectivity index (χ0) is 14.1. The van der Waals surface area contributed by atoms with Crippen LogP contribution in [0.3, 0.4) is 0 Å². The van der Waals surface area contributed by atoms with Crippen molar-refractivity contribution in [1.82, 2.24) is 0 Å². The van der Waals surface area contributed by atoms with Crippen molar-refractivity contribution in [2.45, 2.75) is 32.6 Å². The summed E-state index contributed by atoms with van der Waals surface area (Å²) in [6.45, 7) is 2.15. The highest BCUT2D eigenvalue weighted by molar-refractivity contribution is 5.78. The maximum absolute atomic E-state index is 11.0. The number of methoxy groups -OCH3 is 1. The van der Waals surface area contributed by atoms with Gasteiger partial charge in [-0.15, -0.1) is 0 Å². The molecule has 0 spiro atoms. The molecule has 1 aromatic carbocycles. The van der Waals surface area contributed by atoms with Crippen LogP contribution in [0, 0.1) is 0 Å². The van der Waals surface area contributed by atoms with E-state index in [0.29, 0.717) is 19.4 Å². The highest BCUT2D eigenvalue weighted by Gasteiger charge is 2.01. The molecule has 1 aromatic rings. The fourth-order valence-electron chi connectivity index (χ4n) is 1.65. The molecule has 1 rings (SSSR count). The van der Waals surface area contributed by atoms with Crippen molar-refractivity contribution in [2.24, 2.45) is 0 Å². The molecule has 4 heteroatoms. The Morgan fingerprint density at radius 1 is 1.11 bits per heavy atom. The molecule has 0 fully saturated rings. The fourth-order valence-corrected chi connectivity index (χ4v) is 1.65. The molecule has 0 aliphatic rings. The van der Waals surface area contributed by atoms with Crippen LogP contribution in [0.1, 0.15) is 31.7 Å². The largest absolute Gasteiger partial charge is 0.494 e. The molecule has 0 aliphatic heterocycles. The zero-order valence-electron chi connectivity index (χ0n) is 11.5. The van der Waals surface area contributed by atoms with Gasteiger partial charge in [0, 0.05) is 12.8 Å². The predicted octanol–water partition coefficient (Wildman–Crippen LogP) is 2.54. The quantitative estimate of drug-likeness (QED) is 0.535. The van der Waals surface area contributed by atoms with Crippen molar-refractivity contribution in [3.63, 3.8) is 0 Å². The molecule has 0 saturated heterocycles. The summed E-state index contributed by atoms with van der Waals surface area (Å²) in [6, 6.07) is 7.51. The van der Waals surface area contributed by atoms with E-state index >= 15 is 0 Å². The number of benzene rings is 1. The minimum Gasteiger partial charge on any atom is -0.494 e. The van der Waals surface area contributed by atoms with Gasteiger partial charge < -0.3 is 9.47 Å². The van der Waals surface area contributed by atoms with Crippen LogP contribution < -0.4 is 4.74 Å². The lowest BCUT2D eigenvalue weighted by molar-refractivity contribution is -0.140. The van der Waals surface area contributed by atoms with E-state index in [0.717, 1.165) is 24.2 Å². The number of carbonyl (C=O) groups is 2. The Balaban J connectivity index is 2.22. The third-order valence-electron chi connectivity index (χ3n) is 2.65. The van der Waals surface area contributed by atoms with Crippen molar-refractivity contribution in [3.05, 3.63) is 29.8 Å². The van der Waals surface area contributed by atoms with Gasteiger partial charge >= 0.3 is 5.97 Å². The molecule has 0 saturated carbocycles. The van der Waals surface area contributed by atoms with E-state index in [9.17, 15) is 9.59 Å². The number of esters is 1. The minimum atomic E-state index is -0.186. The van der Waals surface area contributed by atoms with Gasteiger partial charge in [0.1, 0.15) is 11.5 Å². The first-order chi connectivity index (χ1) is 9.11. The van der Waals surface area contributed by atoms with Crippen LogP contribution in [0.15, 0.2) is 24.3 Å². The lowest BCUT2D eigenvalue weighted by Gasteiger charge is -2.06. The normalized spacial score (nSPS) is 10.0. The Bertz CT molecular complexity index is 409. The molecule has 0 amide bonds. The third kappa shape index (κ3) is 6.60. The van der Waals surface area contributed by atoms with E-state index in [1.54, 1.807) is 6.92 Å². The molecule has 0 aromatic heterocycles. The lowest BCUT2D eigenvalue weighted by Crippen LogP contribution is -2.02. The molecular formula is C15H20O4. The minimum absolute atomic E-state index is 0.150. The number of rotatable bonds is 8. The van der Waals surface area contributed by atoms with Crippen molar-refractivity contribution in [1.29, 1.82) is 0 Å². The number of hydrogen-bond donors (Lipinski definition) is 0. The number of carbonyl (C=O) groups excluding carboxylic acids is 2. The Morgan fingerprint density at radius 2 is 1.79 bits per heavy atom. The van der Waals surface area contributed by atoms with E-state index in [4.69, 9.17) is 4.74 Å². The van der Waals surface area contributed by atoms with Crippen LogP contribution in [0.2, 0.25) is 0 Å². The van der Waals surface area contributed by atoms with Gasteiger partial charge in [-0.1, -0.05) is 12.1 Å². The van der Waals surface area contributed by atoms with Crippen LogP contribution in [-0.2, 0) is 20.7 Å². The molecule has 0 N–H and O–H groups in total. The highest BCUT2D eigenvalue weighted by Crippen LogP contribution is 2.13. The van der Waals surface area contributed by atoms with Gasteiger partial charge in [0.15, 0.2) is 0 Å². The fraction of sp³-hybridized carbons (Fsp3) is 0.467. The van der Waals surface area contributed by atoms with Crippen molar-refractivity contribution in [3.8, 4) is 5.75 Å². The predicted molar refractivity (Wildman–Crippen MR) is 72.2 cm³/mol. The molecule has 19 heavy (non-hydrogen) atoms. The second-order valence-corrected chi connectivity index (χ2v) is 4.40. The maximum Gasteiger partial charge on any atom is 0.305 e. The molecular weight excluding hydrogens is 244 g/mol.